The molecule has 3 aromatic rings. The number of aromatic nitrogens is 3. The van der Waals surface area contributed by atoms with Crippen LogP contribution in [-0.2, 0) is 22.4 Å². The standard InChI is InChI=1S/C25H27FN4O4S/c1-15(2)20-14-35-22(27-20)7-5-17-10-21-28-24(29-9-3-4-16(11-29)13-31)18(6-8-23(32)33)25(34)30(21)12-19(17)26/h6,8,10,12-16H,3-5,7,9,11H2,1-2H3,(H,32,33)/p-1/b8-6+. The average Bonchev–Trinajstić information content (AvgIpc) is 3.32. The van der Waals surface area contributed by atoms with Gasteiger partial charge in [-0.15, -0.1) is 11.3 Å². The SMILES string of the molecule is CC(C)c1csc(CCc2cc3nc(N4CCCC(C=O)C4)c(/C=C/C(=O)[O-])c(=O)n3cc2F)n1. The molecule has 0 bridgehead atoms. The number of thiazole rings is 1. The summed E-state index contributed by atoms with van der Waals surface area (Å²) in [4.78, 5) is 46.7. The molecule has 184 valence electrons. The van der Waals surface area contributed by atoms with Gasteiger partial charge < -0.3 is 19.6 Å². The number of aldehydes is 1. The Hall–Kier alpha value is -3.40. The predicted octanol–water partition coefficient (Wildman–Crippen LogP) is 2.38. The zero-order chi connectivity index (χ0) is 25.1. The van der Waals surface area contributed by atoms with Crippen molar-refractivity contribution in [3.05, 3.63) is 61.7 Å². The number of hydrogen-bond donors (Lipinski definition) is 0. The lowest BCUT2D eigenvalue weighted by molar-refractivity contribution is -0.297. The average molecular weight is 498 g/mol. The minimum absolute atomic E-state index is 0.00870. The minimum atomic E-state index is -1.46. The smallest absolute Gasteiger partial charge is 0.267 e. The number of nitrogens with zero attached hydrogens (tertiary/aromatic N) is 4. The Balaban J connectivity index is 1.74. The molecule has 1 aliphatic heterocycles. The number of aryl methyl sites for hydroxylation is 2. The van der Waals surface area contributed by atoms with Crippen LogP contribution in [0, 0.1) is 11.7 Å². The molecule has 0 N–H and O–H groups in total. The first-order valence-electron chi connectivity index (χ1n) is 11.5. The molecule has 1 unspecified atom stereocenters. The van der Waals surface area contributed by atoms with Gasteiger partial charge in [0.25, 0.3) is 5.56 Å². The van der Waals surface area contributed by atoms with E-state index >= 15 is 0 Å². The van der Waals surface area contributed by atoms with Gasteiger partial charge in [-0.1, -0.05) is 13.8 Å². The van der Waals surface area contributed by atoms with Crippen molar-refractivity contribution in [2.75, 3.05) is 18.0 Å². The maximum absolute atomic E-state index is 15.0. The topological polar surface area (TPSA) is 108 Å². The number of carboxylic acid groups (broad SMARTS) is 1. The van der Waals surface area contributed by atoms with Crippen molar-refractivity contribution >= 4 is 41.1 Å². The van der Waals surface area contributed by atoms with E-state index < -0.39 is 17.3 Å². The number of piperidine rings is 1. The maximum Gasteiger partial charge on any atom is 0.267 e. The van der Waals surface area contributed by atoms with E-state index in [1.54, 1.807) is 17.4 Å². The fourth-order valence-corrected chi connectivity index (χ4v) is 5.15. The zero-order valence-corrected chi connectivity index (χ0v) is 20.4. The Morgan fingerprint density at radius 1 is 1.34 bits per heavy atom. The molecule has 1 saturated heterocycles. The summed E-state index contributed by atoms with van der Waals surface area (Å²) in [7, 11) is 0. The van der Waals surface area contributed by atoms with Crippen molar-refractivity contribution in [2.45, 2.75) is 45.4 Å². The molecule has 35 heavy (non-hydrogen) atoms. The molecule has 0 aromatic carbocycles. The number of halogens is 1. The van der Waals surface area contributed by atoms with Crippen LogP contribution in [0.1, 0.15) is 54.4 Å². The van der Waals surface area contributed by atoms with E-state index in [0.29, 0.717) is 37.4 Å². The van der Waals surface area contributed by atoms with E-state index in [1.807, 2.05) is 10.3 Å². The van der Waals surface area contributed by atoms with E-state index in [0.717, 1.165) is 52.6 Å². The Kier molecular flexibility index (Phi) is 7.39. The summed E-state index contributed by atoms with van der Waals surface area (Å²) in [5, 5.41) is 13.9. The quantitative estimate of drug-likeness (QED) is 0.347. The number of carbonyl (C=O) groups excluding carboxylic acids is 2. The molecule has 8 nitrogen and oxygen atoms in total. The number of pyridine rings is 1. The first kappa shape index (κ1) is 24.7. The van der Waals surface area contributed by atoms with Crippen LogP contribution in [0.5, 0.6) is 0 Å². The lowest BCUT2D eigenvalue weighted by atomic mass is 9.99. The lowest BCUT2D eigenvalue weighted by Crippen LogP contribution is -2.38. The summed E-state index contributed by atoms with van der Waals surface area (Å²) in [5.74, 6) is -1.63. The van der Waals surface area contributed by atoms with Crippen LogP contribution in [0.15, 0.2) is 28.5 Å². The minimum Gasteiger partial charge on any atom is -0.545 e. The van der Waals surface area contributed by atoms with Crippen LogP contribution in [0.3, 0.4) is 0 Å². The van der Waals surface area contributed by atoms with Gasteiger partial charge >= 0.3 is 0 Å². The van der Waals surface area contributed by atoms with E-state index in [4.69, 9.17) is 0 Å². The van der Waals surface area contributed by atoms with Crippen molar-refractivity contribution < 1.29 is 19.1 Å². The van der Waals surface area contributed by atoms with Gasteiger partial charge in [0.15, 0.2) is 0 Å². The van der Waals surface area contributed by atoms with Crippen LogP contribution in [-0.4, -0.2) is 39.7 Å². The molecule has 0 saturated carbocycles. The number of carbonyl (C=O) groups is 2. The number of anilines is 1. The van der Waals surface area contributed by atoms with E-state index in [9.17, 15) is 23.9 Å². The van der Waals surface area contributed by atoms with Crippen molar-refractivity contribution in [3.63, 3.8) is 0 Å². The molecule has 1 fully saturated rings. The van der Waals surface area contributed by atoms with Crippen LogP contribution in [0.25, 0.3) is 11.7 Å². The molecular formula is C25H26FN4O4S-. The van der Waals surface area contributed by atoms with Crippen LogP contribution in [0.2, 0.25) is 0 Å². The number of hydrogen-bond acceptors (Lipinski definition) is 8. The number of rotatable bonds is 8. The third kappa shape index (κ3) is 5.48. The first-order valence-corrected chi connectivity index (χ1v) is 12.4. The van der Waals surface area contributed by atoms with Crippen LogP contribution < -0.4 is 15.6 Å². The second-order valence-electron chi connectivity index (χ2n) is 8.99. The molecule has 0 amide bonds. The van der Waals surface area contributed by atoms with Gasteiger partial charge in [0.05, 0.1) is 28.4 Å². The van der Waals surface area contributed by atoms with Crippen molar-refractivity contribution in [1.82, 2.24) is 14.4 Å². The molecule has 4 rings (SSSR count). The molecule has 0 spiro atoms. The second kappa shape index (κ2) is 10.5. The van der Waals surface area contributed by atoms with Crippen molar-refractivity contribution in [1.29, 1.82) is 0 Å². The van der Waals surface area contributed by atoms with Gasteiger partial charge in [0.1, 0.15) is 23.6 Å². The lowest BCUT2D eigenvalue weighted by Gasteiger charge is -2.32. The molecule has 3 aromatic heterocycles. The monoisotopic (exact) mass is 497 g/mol. The molecule has 1 aliphatic rings. The van der Waals surface area contributed by atoms with Crippen molar-refractivity contribution in [3.8, 4) is 0 Å². The third-order valence-electron chi connectivity index (χ3n) is 6.12. The van der Waals surface area contributed by atoms with E-state index in [2.05, 4.69) is 23.8 Å². The Morgan fingerprint density at radius 3 is 2.83 bits per heavy atom. The molecular weight excluding hydrogens is 471 g/mol. The zero-order valence-electron chi connectivity index (χ0n) is 19.6. The maximum atomic E-state index is 15.0. The molecule has 0 aliphatic carbocycles. The normalized spacial score (nSPS) is 16.5. The third-order valence-corrected chi connectivity index (χ3v) is 7.04. The highest BCUT2D eigenvalue weighted by Gasteiger charge is 2.24. The Morgan fingerprint density at radius 2 is 2.14 bits per heavy atom. The van der Waals surface area contributed by atoms with E-state index in [-0.39, 0.29) is 22.9 Å². The van der Waals surface area contributed by atoms with Gasteiger partial charge in [0.2, 0.25) is 0 Å². The van der Waals surface area contributed by atoms with Crippen molar-refractivity contribution in [2.24, 2.45) is 5.92 Å². The molecule has 4 heterocycles. The Bertz CT molecular complexity index is 1350. The molecule has 1 atom stereocenters. The second-order valence-corrected chi connectivity index (χ2v) is 9.93. The largest absolute Gasteiger partial charge is 0.545 e. The summed E-state index contributed by atoms with van der Waals surface area (Å²) in [5.41, 5.74) is 1.08. The summed E-state index contributed by atoms with van der Waals surface area (Å²) >= 11 is 1.54. The van der Waals surface area contributed by atoms with E-state index in [1.165, 1.54) is 0 Å². The highest BCUT2D eigenvalue weighted by atomic mass is 32.1. The predicted molar refractivity (Wildman–Crippen MR) is 130 cm³/mol. The Labute approximate surface area is 205 Å². The highest BCUT2D eigenvalue weighted by Crippen LogP contribution is 2.25. The summed E-state index contributed by atoms with van der Waals surface area (Å²) in [6.07, 6.45) is 6.26. The number of fused-ring (bicyclic) bond motifs is 1. The van der Waals surface area contributed by atoms with Gasteiger partial charge in [-0.2, -0.15) is 0 Å². The van der Waals surface area contributed by atoms with Gasteiger partial charge in [0, 0.05) is 30.8 Å². The molecule has 0 radical (unpaired) electrons. The highest BCUT2D eigenvalue weighted by molar-refractivity contribution is 7.09. The summed E-state index contributed by atoms with van der Waals surface area (Å²) < 4.78 is 16.0. The van der Waals surface area contributed by atoms with Crippen LogP contribution >= 0.6 is 11.3 Å². The van der Waals surface area contributed by atoms with Crippen LogP contribution in [0.4, 0.5) is 10.2 Å². The first-order chi connectivity index (χ1) is 16.8. The number of carboxylic acids is 1. The van der Waals surface area contributed by atoms with Gasteiger partial charge in [-0.05, 0) is 49.0 Å². The van der Waals surface area contributed by atoms with Gasteiger partial charge in [-0.25, -0.2) is 14.4 Å². The summed E-state index contributed by atoms with van der Waals surface area (Å²) in [6.45, 7) is 5.07. The van der Waals surface area contributed by atoms with Gasteiger partial charge in [-0.3, -0.25) is 9.20 Å². The fraction of sp³-hybridized carbons (Fsp3) is 0.400. The molecule has 10 heteroatoms. The number of aliphatic carboxylic acids is 1. The fourth-order valence-electron chi connectivity index (χ4n) is 4.19. The summed E-state index contributed by atoms with van der Waals surface area (Å²) in [6, 6.07) is 1.55.